The van der Waals surface area contributed by atoms with Crippen LogP contribution in [0, 0.1) is 23.2 Å². The van der Waals surface area contributed by atoms with E-state index in [1.165, 1.54) is 16.2 Å². The van der Waals surface area contributed by atoms with Crippen LogP contribution in [0.15, 0.2) is 97.2 Å². The summed E-state index contributed by atoms with van der Waals surface area (Å²) in [6.45, 7) is 6.36. The molecule has 1 saturated heterocycles. The second-order valence-corrected chi connectivity index (χ2v) is 29.9. The molecule has 2 unspecified atom stereocenters. The van der Waals surface area contributed by atoms with Gasteiger partial charge in [0.1, 0.15) is 18.5 Å². The first-order valence-electron chi connectivity index (χ1n) is 32.3. The molecule has 13 rings (SSSR count). The molecule has 4 bridgehead atoms. The van der Waals surface area contributed by atoms with Gasteiger partial charge in [-0.05, 0) is 127 Å². The Bertz CT molecular complexity index is 4280. The molecule has 0 spiro atoms. The molecule has 6 N–H and O–H groups in total. The predicted molar refractivity (Wildman–Crippen MR) is 357 cm³/mol. The SMILES string of the molecule is Cc1c(-c2ccc(N3CCc4cccc(C(=O)Nc5nc6ccccc6s5)c4C3)nc2C(=O)O)cnn1CC12CC3(C)CC(C)(C1)CC(OCCN(C)C(=O)OCc1ccc(NC(=O)CNC(=O)CNC(=O)CN4C(=O)[C@@H](N5C(=O)C=CC5=O)C[C@H]4COCCS(=O)(=O)O)cc1)(C3)C2. The molecular formula is C68H76N12O16S2. The number of nitrogens with one attached hydrogen (secondary N) is 4. The lowest BCUT2D eigenvalue weighted by Crippen LogP contribution is -2.64. The van der Waals surface area contributed by atoms with E-state index >= 15 is 0 Å². The van der Waals surface area contributed by atoms with Gasteiger partial charge in [0.25, 0.3) is 27.8 Å². The number of thiazole rings is 1. The average Bonchev–Trinajstić information content (AvgIpc) is 0.788. The molecule has 3 aromatic carbocycles. The van der Waals surface area contributed by atoms with E-state index in [1.54, 1.807) is 43.6 Å². The van der Waals surface area contributed by atoms with Gasteiger partial charge in [-0.25, -0.2) is 19.6 Å². The summed E-state index contributed by atoms with van der Waals surface area (Å²) in [4.78, 5) is 131. The second-order valence-electron chi connectivity index (χ2n) is 27.3. The molecule has 4 atom stereocenters. The van der Waals surface area contributed by atoms with Crippen molar-refractivity contribution < 1.29 is 75.4 Å². The number of hydrogen-bond donors (Lipinski definition) is 6. The van der Waals surface area contributed by atoms with Gasteiger partial charge < -0.3 is 50.0 Å². The Morgan fingerprint density at radius 3 is 2.26 bits per heavy atom. The molecule has 516 valence electrons. The minimum absolute atomic E-state index is 0.000626. The highest BCUT2D eigenvalue weighted by atomic mass is 32.2. The van der Waals surface area contributed by atoms with Crippen LogP contribution in [0.2, 0.25) is 0 Å². The topological polar surface area (TPSA) is 361 Å². The number of nitrogens with zero attached hydrogens (tertiary/aromatic N) is 8. The Balaban J connectivity index is 0.593. The molecule has 5 fully saturated rings. The summed E-state index contributed by atoms with van der Waals surface area (Å²) in [5.74, 6) is -5.98. The summed E-state index contributed by atoms with van der Waals surface area (Å²) < 4.78 is 52.2. The molecule has 8 amide bonds. The molecule has 0 radical (unpaired) electrons. The van der Waals surface area contributed by atoms with Crippen molar-refractivity contribution in [3.05, 3.63) is 131 Å². The molecule has 28 nitrogen and oxygen atoms in total. The number of rotatable bonds is 26. The molecule has 3 aliphatic heterocycles. The fourth-order valence-electron chi connectivity index (χ4n) is 16.2. The molecular weight excluding hydrogens is 1300 g/mol. The number of anilines is 3. The van der Waals surface area contributed by atoms with Crippen LogP contribution < -0.4 is 26.2 Å². The van der Waals surface area contributed by atoms with Crippen LogP contribution in [0.5, 0.6) is 0 Å². The van der Waals surface area contributed by atoms with Gasteiger partial charge in [0, 0.05) is 79.9 Å². The molecule has 30 heteroatoms. The normalized spacial score (nSPS) is 23.1. The summed E-state index contributed by atoms with van der Waals surface area (Å²) in [5, 5.41) is 26.5. The van der Waals surface area contributed by atoms with Crippen molar-refractivity contribution in [3.8, 4) is 11.1 Å². The van der Waals surface area contributed by atoms with Crippen molar-refractivity contribution in [2.45, 2.75) is 110 Å². The van der Waals surface area contributed by atoms with Crippen LogP contribution in [0.4, 0.5) is 21.4 Å². The fourth-order valence-corrected chi connectivity index (χ4v) is 17.4. The van der Waals surface area contributed by atoms with E-state index in [0.29, 0.717) is 64.9 Å². The Hall–Kier alpha value is -9.49. The van der Waals surface area contributed by atoms with E-state index in [9.17, 15) is 56.7 Å². The van der Waals surface area contributed by atoms with Crippen LogP contribution >= 0.6 is 11.3 Å². The number of likely N-dealkylation sites (tertiary alicyclic amines) is 1. The second kappa shape index (κ2) is 27.4. The van der Waals surface area contributed by atoms with Gasteiger partial charge in [-0.2, -0.15) is 13.5 Å². The number of amides is 8. The van der Waals surface area contributed by atoms with E-state index in [0.717, 1.165) is 87.5 Å². The number of ether oxygens (including phenoxy) is 3. The van der Waals surface area contributed by atoms with Crippen molar-refractivity contribution in [3.63, 3.8) is 0 Å². The maximum absolute atomic E-state index is 13.8. The van der Waals surface area contributed by atoms with Crippen molar-refractivity contribution in [2.75, 3.05) is 80.9 Å². The summed E-state index contributed by atoms with van der Waals surface area (Å²) in [5.41, 5.74) is 5.55. The number of carbonyl (C=O) groups excluding carboxylic acids is 8. The zero-order valence-corrected chi connectivity index (χ0v) is 56.2. The quantitative estimate of drug-likeness (QED) is 0.0214. The zero-order valence-electron chi connectivity index (χ0n) is 54.5. The lowest BCUT2D eigenvalue weighted by Gasteiger charge is -2.69. The zero-order chi connectivity index (χ0) is 69.5. The van der Waals surface area contributed by atoms with Gasteiger partial charge in [0.05, 0.1) is 73.3 Å². The number of fused-ring (bicyclic) bond motifs is 2. The minimum atomic E-state index is -4.35. The van der Waals surface area contributed by atoms with Crippen LogP contribution in [0.3, 0.4) is 0 Å². The molecule has 4 saturated carbocycles. The number of likely N-dealkylation sites (N-methyl/N-ethyl adjacent to an activating group) is 1. The molecule has 98 heavy (non-hydrogen) atoms. The third-order valence-corrected chi connectivity index (χ3v) is 21.0. The van der Waals surface area contributed by atoms with Crippen LogP contribution in [-0.4, -0.2) is 189 Å². The third kappa shape index (κ3) is 15.1. The highest BCUT2D eigenvalue weighted by Gasteiger charge is 2.66. The number of pyridine rings is 1. The van der Waals surface area contributed by atoms with Gasteiger partial charge in [-0.1, -0.05) is 61.6 Å². The molecule has 6 heterocycles. The number of benzene rings is 3. The summed E-state index contributed by atoms with van der Waals surface area (Å²) in [7, 11) is -2.70. The van der Waals surface area contributed by atoms with Gasteiger partial charge in [-0.15, -0.1) is 0 Å². The maximum atomic E-state index is 13.8. The monoisotopic (exact) mass is 1380 g/mol. The van der Waals surface area contributed by atoms with Crippen LogP contribution in [0.1, 0.15) is 102 Å². The number of hydrogen-bond acceptors (Lipinski definition) is 19. The largest absolute Gasteiger partial charge is 0.476 e. The first kappa shape index (κ1) is 68.5. The van der Waals surface area contributed by atoms with Crippen molar-refractivity contribution in [1.82, 2.24) is 45.1 Å². The number of aromatic carboxylic acids is 1. The van der Waals surface area contributed by atoms with E-state index in [4.69, 9.17) is 28.8 Å². The first-order chi connectivity index (χ1) is 46.6. The number of carboxylic acids is 1. The van der Waals surface area contributed by atoms with E-state index in [1.807, 2.05) is 65.0 Å². The van der Waals surface area contributed by atoms with Crippen LogP contribution in [0.25, 0.3) is 21.3 Å². The summed E-state index contributed by atoms with van der Waals surface area (Å²) in [6, 6.07) is 21.5. The standard InChI is InChI=1S/C68H76N12O16S2/c1-41-48(46-16-17-53(74-59(46)62(88)89)77-21-20-43-8-7-9-47(49(43)30-77)60(86)75-63-73-50-10-5-6-11-52(50)97-63)27-71-79(41)40-67-35-65(2)34-66(3,36-67)38-68(37-65,39-67)96-23-22-76(4)64(90)95-32-42-12-14-44(15-13-42)72-55(82)29-69-54(81)28-70-56(83)31-78-45(33-94-24-25-98(91,92)93)26-51(61(78)87)80-57(84)18-19-58(80)85/h5-19,27,45,51H,20-26,28-40H2,1-4H3,(H,69,81)(H,70,83)(H,72,82)(H,88,89)(H,73,75,86)(H,91,92,93)/t45-,51-,65?,66?,67?,68?/m0/s1. The Kier molecular flexibility index (Phi) is 19.2. The highest BCUT2D eigenvalue weighted by Crippen LogP contribution is 2.72. The smallest absolute Gasteiger partial charge is 0.409 e. The molecule has 6 aromatic rings. The number of para-hydroxylation sites is 1. The van der Waals surface area contributed by atoms with E-state index < -0.39 is 107 Å². The number of imide groups is 1. The fraction of sp³-hybridized carbons (Fsp3) is 0.441. The van der Waals surface area contributed by atoms with Crippen molar-refractivity contribution in [2.24, 2.45) is 16.2 Å². The van der Waals surface area contributed by atoms with Crippen molar-refractivity contribution >= 4 is 102 Å². The van der Waals surface area contributed by atoms with Gasteiger partial charge in [0.2, 0.25) is 23.6 Å². The number of aromatic nitrogens is 4. The molecule has 3 aromatic heterocycles. The summed E-state index contributed by atoms with van der Waals surface area (Å²) >= 11 is 1.41. The lowest BCUT2D eigenvalue weighted by molar-refractivity contribution is -0.248. The predicted octanol–water partition coefficient (Wildman–Crippen LogP) is 5.75. The molecule has 4 aliphatic carbocycles. The number of carboxylic acid groups (broad SMARTS) is 1. The lowest BCUT2D eigenvalue weighted by atomic mass is 9.39. The van der Waals surface area contributed by atoms with Gasteiger partial charge in [0.15, 0.2) is 10.8 Å². The Morgan fingerprint density at radius 2 is 1.53 bits per heavy atom. The maximum Gasteiger partial charge on any atom is 0.409 e. The van der Waals surface area contributed by atoms with Crippen LogP contribution in [-0.2, 0) is 79.2 Å². The van der Waals surface area contributed by atoms with E-state index in [-0.39, 0.29) is 60.6 Å². The van der Waals surface area contributed by atoms with E-state index in [2.05, 4.69) is 40.1 Å². The van der Waals surface area contributed by atoms with Gasteiger partial charge in [-0.3, -0.25) is 53.0 Å². The highest BCUT2D eigenvalue weighted by molar-refractivity contribution is 7.85. The summed E-state index contributed by atoms with van der Waals surface area (Å²) in [6.07, 6.45) is 9.32. The Labute approximate surface area is 568 Å². The Morgan fingerprint density at radius 1 is 0.806 bits per heavy atom. The number of carbonyl (C=O) groups is 9. The molecule has 7 aliphatic rings. The minimum Gasteiger partial charge on any atom is -0.476 e. The third-order valence-electron chi connectivity index (χ3n) is 19.4. The van der Waals surface area contributed by atoms with Crippen molar-refractivity contribution in [1.29, 1.82) is 0 Å². The average molecular weight is 1380 g/mol. The first-order valence-corrected chi connectivity index (χ1v) is 34.7. The van der Waals surface area contributed by atoms with Gasteiger partial charge >= 0.3 is 12.1 Å².